The van der Waals surface area contributed by atoms with E-state index < -0.39 is 23.1 Å². The van der Waals surface area contributed by atoms with Crippen molar-refractivity contribution in [3.05, 3.63) is 53.1 Å². The molecule has 0 aliphatic carbocycles. The van der Waals surface area contributed by atoms with E-state index in [1.54, 1.807) is 13.8 Å². The van der Waals surface area contributed by atoms with E-state index in [1.807, 2.05) is 11.6 Å². The van der Waals surface area contributed by atoms with Gasteiger partial charge in [0.05, 0.1) is 17.8 Å². The van der Waals surface area contributed by atoms with Crippen LogP contribution in [0.5, 0.6) is 0 Å². The summed E-state index contributed by atoms with van der Waals surface area (Å²) in [5.74, 6) is -2.14. The molecule has 9 heteroatoms. The first kappa shape index (κ1) is 23.7. The lowest BCUT2D eigenvalue weighted by Gasteiger charge is -2.27. The zero-order valence-electron chi connectivity index (χ0n) is 16.9. The highest BCUT2D eigenvalue weighted by Gasteiger charge is 2.28. The number of hydrogen-bond donors (Lipinski definition) is 3. The largest absolute Gasteiger partial charge is 0.389 e. The van der Waals surface area contributed by atoms with E-state index in [9.17, 15) is 18.3 Å². The summed E-state index contributed by atoms with van der Waals surface area (Å²) in [6.07, 6.45) is 3.01. The summed E-state index contributed by atoms with van der Waals surface area (Å²) in [7, 11) is 0. The lowest BCUT2D eigenvalue weighted by molar-refractivity contribution is 0.0572. The van der Waals surface area contributed by atoms with Crippen LogP contribution < -0.4 is 5.73 Å². The molecule has 1 aliphatic rings. The number of nitrogens with two attached hydrogens (primary N) is 1. The van der Waals surface area contributed by atoms with Crippen molar-refractivity contribution < 1.29 is 18.3 Å². The normalized spacial score (nSPS) is 16.2. The van der Waals surface area contributed by atoms with Crippen LogP contribution >= 0.6 is 12.6 Å². The van der Waals surface area contributed by atoms with Gasteiger partial charge in [0.2, 0.25) is 0 Å². The van der Waals surface area contributed by atoms with Crippen molar-refractivity contribution in [3.8, 4) is 0 Å². The van der Waals surface area contributed by atoms with Crippen LogP contribution in [0.15, 0.2) is 24.4 Å². The van der Waals surface area contributed by atoms with Gasteiger partial charge in [0, 0.05) is 48.8 Å². The molecule has 0 saturated carbocycles. The lowest BCUT2D eigenvalue weighted by atomic mass is 10.1. The molecule has 0 saturated heterocycles. The number of nitrogens with zero attached hydrogens (tertiary/aromatic N) is 3. The standard InChI is InChI=1S/C14H26N4OS.C6H3F3/c1-10(15)4-12(8-20)17-5-11-6-18(9-14(2,3)19)16-13(11)7-17;7-4-1-2-5(8)6(9)3-4/h6,10,12,19-20H,4-5,7-9,15H2,1-3H3;1-3H. The van der Waals surface area contributed by atoms with E-state index in [1.165, 1.54) is 5.56 Å². The van der Waals surface area contributed by atoms with Crippen molar-refractivity contribution in [2.24, 2.45) is 5.73 Å². The Kier molecular flexibility index (Phi) is 8.16. The fourth-order valence-corrected chi connectivity index (χ4v) is 3.59. The molecular weight excluding hydrogens is 401 g/mol. The summed E-state index contributed by atoms with van der Waals surface area (Å²) in [6.45, 7) is 7.91. The topological polar surface area (TPSA) is 67.3 Å². The Morgan fingerprint density at radius 3 is 2.41 bits per heavy atom. The van der Waals surface area contributed by atoms with Crippen LogP contribution in [0.25, 0.3) is 0 Å². The second-order valence-electron chi connectivity index (χ2n) is 8.12. The van der Waals surface area contributed by atoms with Gasteiger partial charge in [0.25, 0.3) is 0 Å². The minimum atomic E-state index is -1.16. The first-order valence-electron chi connectivity index (χ1n) is 9.47. The smallest absolute Gasteiger partial charge is 0.161 e. The molecule has 0 fully saturated rings. The van der Waals surface area contributed by atoms with Gasteiger partial charge in [-0.25, -0.2) is 13.2 Å². The Bertz CT molecular complexity index is 784. The molecule has 0 radical (unpaired) electrons. The van der Waals surface area contributed by atoms with Crippen molar-refractivity contribution >= 4 is 12.6 Å². The molecule has 3 rings (SSSR count). The molecule has 2 atom stereocenters. The first-order chi connectivity index (χ1) is 13.5. The maximum Gasteiger partial charge on any atom is 0.161 e. The molecule has 2 heterocycles. The quantitative estimate of drug-likeness (QED) is 0.487. The molecule has 2 unspecified atom stereocenters. The van der Waals surface area contributed by atoms with Gasteiger partial charge in [-0.05, 0) is 39.3 Å². The van der Waals surface area contributed by atoms with Crippen molar-refractivity contribution in [2.75, 3.05) is 5.75 Å². The zero-order chi connectivity index (χ0) is 21.8. The van der Waals surface area contributed by atoms with Gasteiger partial charge in [-0.3, -0.25) is 9.58 Å². The number of halogens is 3. The molecule has 3 N–H and O–H groups in total. The second kappa shape index (κ2) is 9.97. The summed E-state index contributed by atoms with van der Waals surface area (Å²) >= 11 is 4.45. The molecule has 29 heavy (non-hydrogen) atoms. The SMILES string of the molecule is CC(N)CC(CS)N1Cc2cn(CC(C)(C)O)nc2C1.Fc1ccc(F)c(F)c1. The number of aromatic nitrogens is 2. The Morgan fingerprint density at radius 2 is 1.93 bits per heavy atom. The van der Waals surface area contributed by atoms with Gasteiger partial charge in [-0.15, -0.1) is 0 Å². The Morgan fingerprint density at radius 1 is 1.24 bits per heavy atom. The third-order valence-electron chi connectivity index (χ3n) is 4.45. The maximum absolute atomic E-state index is 12.0. The molecule has 0 spiro atoms. The van der Waals surface area contributed by atoms with E-state index in [0.29, 0.717) is 18.7 Å². The number of rotatable bonds is 6. The molecule has 1 aromatic carbocycles. The van der Waals surface area contributed by atoms with Crippen molar-refractivity contribution in [1.29, 1.82) is 0 Å². The summed E-state index contributed by atoms with van der Waals surface area (Å²) in [5.41, 5.74) is 7.54. The highest BCUT2D eigenvalue weighted by Crippen LogP contribution is 2.26. The van der Waals surface area contributed by atoms with E-state index in [-0.39, 0.29) is 6.04 Å². The van der Waals surface area contributed by atoms with Gasteiger partial charge in [-0.2, -0.15) is 17.7 Å². The van der Waals surface area contributed by atoms with Crippen molar-refractivity contribution in [1.82, 2.24) is 14.7 Å². The molecule has 162 valence electrons. The number of thiol groups is 1. The van der Waals surface area contributed by atoms with Crippen LogP contribution in [-0.4, -0.2) is 43.2 Å². The maximum atomic E-state index is 12.0. The summed E-state index contributed by atoms with van der Waals surface area (Å²) in [4.78, 5) is 2.39. The Labute approximate surface area is 175 Å². The number of fused-ring (bicyclic) bond motifs is 1. The van der Waals surface area contributed by atoms with Crippen molar-refractivity contribution in [3.63, 3.8) is 0 Å². The molecular formula is C20H29F3N4OS. The monoisotopic (exact) mass is 430 g/mol. The first-order valence-corrected chi connectivity index (χ1v) is 10.1. The number of benzene rings is 1. The van der Waals surface area contributed by atoms with Gasteiger partial charge in [0.15, 0.2) is 11.6 Å². The van der Waals surface area contributed by atoms with E-state index >= 15 is 0 Å². The third kappa shape index (κ3) is 7.33. The average Bonchev–Trinajstić information content (AvgIpc) is 3.13. The predicted molar refractivity (Wildman–Crippen MR) is 110 cm³/mol. The minimum Gasteiger partial charge on any atom is -0.389 e. The van der Waals surface area contributed by atoms with Crippen LogP contribution in [0, 0.1) is 17.5 Å². The second-order valence-corrected chi connectivity index (χ2v) is 8.49. The predicted octanol–water partition coefficient (Wildman–Crippen LogP) is 3.11. The van der Waals surface area contributed by atoms with Gasteiger partial charge in [0.1, 0.15) is 5.82 Å². The average molecular weight is 431 g/mol. The molecule has 0 bridgehead atoms. The Hall–Kier alpha value is -1.55. The van der Waals surface area contributed by atoms with Crippen LogP contribution in [0.2, 0.25) is 0 Å². The summed E-state index contributed by atoms with van der Waals surface area (Å²) in [5, 5.41) is 14.4. The van der Waals surface area contributed by atoms with E-state index in [2.05, 4.69) is 28.8 Å². The summed E-state index contributed by atoms with van der Waals surface area (Å²) < 4.78 is 37.7. The zero-order valence-corrected chi connectivity index (χ0v) is 17.8. The molecule has 1 aliphatic heterocycles. The van der Waals surface area contributed by atoms with Crippen LogP contribution in [-0.2, 0) is 19.6 Å². The third-order valence-corrected chi connectivity index (χ3v) is 4.87. The van der Waals surface area contributed by atoms with Crippen LogP contribution in [0.3, 0.4) is 0 Å². The van der Waals surface area contributed by atoms with Crippen LogP contribution in [0.4, 0.5) is 13.2 Å². The minimum absolute atomic E-state index is 0.190. The van der Waals surface area contributed by atoms with Crippen LogP contribution in [0.1, 0.15) is 38.4 Å². The molecule has 1 aromatic heterocycles. The van der Waals surface area contributed by atoms with Gasteiger partial charge in [-0.1, -0.05) is 0 Å². The van der Waals surface area contributed by atoms with E-state index in [4.69, 9.17) is 5.73 Å². The molecule has 0 amide bonds. The molecule has 2 aromatic rings. The molecule has 5 nitrogen and oxygen atoms in total. The van der Waals surface area contributed by atoms with Gasteiger partial charge >= 0.3 is 0 Å². The highest BCUT2D eigenvalue weighted by atomic mass is 32.1. The highest BCUT2D eigenvalue weighted by molar-refractivity contribution is 7.80. The summed E-state index contributed by atoms with van der Waals surface area (Å²) in [6, 6.07) is 2.68. The van der Waals surface area contributed by atoms with Crippen molar-refractivity contribution in [2.45, 2.75) is 64.5 Å². The lowest BCUT2D eigenvalue weighted by Crippen LogP contribution is -2.37. The van der Waals surface area contributed by atoms with E-state index in [0.717, 1.165) is 43.1 Å². The van der Waals surface area contributed by atoms with Gasteiger partial charge < -0.3 is 10.8 Å². The number of hydrogen-bond acceptors (Lipinski definition) is 5. The number of aliphatic hydroxyl groups is 1. The Balaban J connectivity index is 0.000000278. The fourth-order valence-electron chi connectivity index (χ4n) is 3.21. The fraction of sp³-hybridized carbons (Fsp3) is 0.550.